The second-order valence-corrected chi connectivity index (χ2v) is 2.98. The SMILES string of the molecule is COCC1(C(=O)O)CC1CO. The molecule has 0 radical (unpaired) electrons. The van der Waals surface area contributed by atoms with Gasteiger partial charge in [0.15, 0.2) is 0 Å². The van der Waals surface area contributed by atoms with E-state index in [0.29, 0.717) is 6.42 Å². The van der Waals surface area contributed by atoms with Gasteiger partial charge in [0.2, 0.25) is 0 Å². The first-order valence-corrected chi connectivity index (χ1v) is 3.50. The zero-order chi connectivity index (χ0) is 8.48. The van der Waals surface area contributed by atoms with E-state index in [1.165, 1.54) is 7.11 Å². The van der Waals surface area contributed by atoms with E-state index in [9.17, 15) is 4.79 Å². The van der Waals surface area contributed by atoms with Crippen LogP contribution in [0.3, 0.4) is 0 Å². The number of carbonyl (C=O) groups is 1. The summed E-state index contributed by atoms with van der Waals surface area (Å²) in [6.45, 7) is 0.142. The molecular formula is C7H12O4. The van der Waals surface area contributed by atoms with Gasteiger partial charge in [0.1, 0.15) is 0 Å². The maximum absolute atomic E-state index is 10.7. The van der Waals surface area contributed by atoms with Crippen LogP contribution in [0.2, 0.25) is 0 Å². The minimum absolute atomic E-state index is 0.0599. The van der Waals surface area contributed by atoms with Crippen LogP contribution in [0, 0.1) is 11.3 Å². The summed E-state index contributed by atoms with van der Waals surface area (Å²) in [6.07, 6.45) is 0.534. The summed E-state index contributed by atoms with van der Waals surface area (Å²) >= 11 is 0. The van der Waals surface area contributed by atoms with Crippen molar-refractivity contribution in [1.29, 1.82) is 0 Å². The van der Waals surface area contributed by atoms with Gasteiger partial charge in [-0.3, -0.25) is 4.79 Å². The van der Waals surface area contributed by atoms with E-state index in [2.05, 4.69) is 0 Å². The van der Waals surface area contributed by atoms with Crippen LogP contribution < -0.4 is 0 Å². The van der Waals surface area contributed by atoms with Crippen molar-refractivity contribution < 1.29 is 19.7 Å². The van der Waals surface area contributed by atoms with Gasteiger partial charge >= 0.3 is 5.97 Å². The molecule has 4 nitrogen and oxygen atoms in total. The summed E-state index contributed by atoms with van der Waals surface area (Å²) < 4.78 is 4.77. The van der Waals surface area contributed by atoms with Crippen LogP contribution in [0.1, 0.15) is 6.42 Å². The van der Waals surface area contributed by atoms with Crippen molar-refractivity contribution in [2.75, 3.05) is 20.3 Å². The number of hydrogen-bond donors (Lipinski definition) is 2. The Labute approximate surface area is 64.8 Å². The third-order valence-electron chi connectivity index (χ3n) is 2.28. The fourth-order valence-electron chi connectivity index (χ4n) is 1.38. The molecule has 0 bridgehead atoms. The van der Waals surface area contributed by atoms with Gasteiger partial charge in [-0.1, -0.05) is 0 Å². The molecule has 2 N–H and O–H groups in total. The van der Waals surface area contributed by atoms with Gasteiger partial charge in [0.25, 0.3) is 0 Å². The number of rotatable bonds is 4. The predicted octanol–water partition coefficient (Wildman–Crippen LogP) is -0.284. The highest BCUT2D eigenvalue weighted by Crippen LogP contribution is 2.52. The lowest BCUT2D eigenvalue weighted by Crippen LogP contribution is -2.24. The Kier molecular flexibility index (Phi) is 2.15. The molecule has 0 heterocycles. The fourth-order valence-corrected chi connectivity index (χ4v) is 1.38. The second-order valence-electron chi connectivity index (χ2n) is 2.98. The lowest BCUT2D eigenvalue weighted by molar-refractivity contribution is -0.146. The van der Waals surface area contributed by atoms with E-state index in [-0.39, 0.29) is 19.1 Å². The summed E-state index contributed by atoms with van der Waals surface area (Å²) in [4.78, 5) is 10.7. The quantitative estimate of drug-likeness (QED) is 0.593. The number of hydrogen-bond acceptors (Lipinski definition) is 3. The zero-order valence-electron chi connectivity index (χ0n) is 6.41. The smallest absolute Gasteiger partial charge is 0.312 e. The molecule has 0 aromatic rings. The van der Waals surface area contributed by atoms with Crippen molar-refractivity contribution in [3.8, 4) is 0 Å². The van der Waals surface area contributed by atoms with E-state index in [0.717, 1.165) is 0 Å². The van der Waals surface area contributed by atoms with E-state index in [4.69, 9.17) is 14.9 Å². The molecule has 0 aliphatic heterocycles. The fraction of sp³-hybridized carbons (Fsp3) is 0.857. The Hall–Kier alpha value is -0.610. The Morgan fingerprint density at radius 2 is 2.45 bits per heavy atom. The Balaban J connectivity index is 2.55. The molecule has 64 valence electrons. The summed E-state index contributed by atoms with van der Waals surface area (Å²) in [7, 11) is 1.47. The average molecular weight is 160 g/mol. The van der Waals surface area contributed by atoms with Crippen molar-refractivity contribution >= 4 is 5.97 Å². The summed E-state index contributed by atoms with van der Waals surface area (Å²) in [5, 5.41) is 17.4. The zero-order valence-corrected chi connectivity index (χ0v) is 6.41. The number of carboxylic acid groups (broad SMARTS) is 1. The minimum atomic E-state index is -0.863. The number of aliphatic hydroxyl groups is 1. The van der Waals surface area contributed by atoms with Gasteiger partial charge in [-0.25, -0.2) is 0 Å². The highest BCUT2D eigenvalue weighted by atomic mass is 16.5. The molecule has 0 saturated heterocycles. The third-order valence-corrected chi connectivity index (χ3v) is 2.28. The first-order valence-electron chi connectivity index (χ1n) is 3.50. The maximum atomic E-state index is 10.7. The Morgan fingerprint density at radius 1 is 1.82 bits per heavy atom. The molecule has 1 aliphatic carbocycles. The summed E-state index contributed by atoms with van der Waals surface area (Å²) in [5.74, 6) is -0.974. The van der Waals surface area contributed by atoms with Crippen molar-refractivity contribution in [3.05, 3.63) is 0 Å². The van der Waals surface area contributed by atoms with Crippen molar-refractivity contribution in [2.24, 2.45) is 11.3 Å². The molecule has 1 rings (SSSR count). The minimum Gasteiger partial charge on any atom is -0.481 e. The molecular weight excluding hydrogens is 148 g/mol. The number of carboxylic acids is 1. The molecule has 1 aliphatic rings. The molecule has 1 saturated carbocycles. The molecule has 1 fully saturated rings. The van der Waals surface area contributed by atoms with Gasteiger partial charge in [0, 0.05) is 19.6 Å². The molecule has 0 aromatic heterocycles. The lowest BCUT2D eigenvalue weighted by Gasteiger charge is -2.08. The van der Waals surface area contributed by atoms with Gasteiger partial charge < -0.3 is 14.9 Å². The molecule has 2 atom stereocenters. The van der Waals surface area contributed by atoms with E-state index in [1.807, 2.05) is 0 Å². The van der Waals surface area contributed by atoms with Gasteiger partial charge in [-0.2, -0.15) is 0 Å². The molecule has 4 heteroatoms. The molecule has 11 heavy (non-hydrogen) atoms. The van der Waals surface area contributed by atoms with Gasteiger partial charge in [-0.05, 0) is 6.42 Å². The second kappa shape index (κ2) is 2.79. The average Bonchev–Trinajstić information content (AvgIpc) is 2.65. The number of aliphatic hydroxyl groups excluding tert-OH is 1. The monoisotopic (exact) mass is 160 g/mol. The molecule has 0 amide bonds. The van der Waals surface area contributed by atoms with Crippen LogP contribution in [-0.2, 0) is 9.53 Å². The van der Waals surface area contributed by atoms with Crippen LogP contribution in [0.15, 0.2) is 0 Å². The largest absolute Gasteiger partial charge is 0.481 e. The van der Waals surface area contributed by atoms with Crippen molar-refractivity contribution in [3.63, 3.8) is 0 Å². The summed E-state index contributed by atoms with van der Waals surface area (Å²) in [6, 6.07) is 0. The number of ether oxygens (including phenoxy) is 1. The molecule has 0 spiro atoms. The normalized spacial score (nSPS) is 35.3. The lowest BCUT2D eigenvalue weighted by atomic mass is 10.1. The third kappa shape index (κ3) is 1.23. The van der Waals surface area contributed by atoms with Crippen LogP contribution in [-0.4, -0.2) is 36.5 Å². The Morgan fingerprint density at radius 3 is 2.73 bits per heavy atom. The molecule has 2 unspecified atom stereocenters. The highest BCUT2D eigenvalue weighted by molar-refractivity contribution is 5.78. The predicted molar refractivity (Wildman–Crippen MR) is 37.1 cm³/mol. The van der Waals surface area contributed by atoms with E-state index < -0.39 is 11.4 Å². The Bertz CT molecular complexity index is 168. The van der Waals surface area contributed by atoms with Gasteiger partial charge in [0.05, 0.1) is 12.0 Å². The first kappa shape index (κ1) is 8.49. The van der Waals surface area contributed by atoms with Crippen molar-refractivity contribution in [1.82, 2.24) is 0 Å². The standard InChI is InChI=1S/C7H12O4/c1-11-4-7(6(9)10)2-5(7)3-8/h5,8H,2-4H2,1H3,(H,9,10). The number of aliphatic carboxylic acids is 1. The highest BCUT2D eigenvalue weighted by Gasteiger charge is 2.60. The van der Waals surface area contributed by atoms with Gasteiger partial charge in [-0.15, -0.1) is 0 Å². The van der Waals surface area contributed by atoms with E-state index in [1.54, 1.807) is 0 Å². The van der Waals surface area contributed by atoms with Crippen LogP contribution in [0.25, 0.3) is 0 Å². The van der Waals surface area contributed by atoms with Crippen LogP contribution in [0.4, 0.5) is 0 Å². The van der Waals surface area contributed by atoms with Crippen LogP contribution >= 0.6 is 0 Å². The van der Waals surface area contributed by atoms with Crippen molar-refractivity contribution in [2.45, 2.75) is 6.42 Å². The van der Waals surface area contributed by atoms with Crippen LogP contribution in [0.5, 0.6) is 0 Å². The maximum Gasteiger partial charge on any atom is 0.312 e. The van der Waals surface area contributed by atoms with E-state index >= 15 is 0 Å². The molecule has 0 aromatic carbocycles. The number of methoxy groups -OCH3 is 1. The first-order chi connectivity index (χ1) is 5.17. The topological polar surface area (TPSA) is 66.8 Å². The summed E-state index contributed by atoms with van der Waals surface area (Å²) in [5.41, 5.74) is -0.788.